The molecule has 0 aliphatic rings. The molecule has 2 aromatic carbocycles. The van der Waals surface area contributed by atoms with Crippen molar-refractivity contribution in [3.05, 3.63) is 58.1 Å². The molecule has 0 saturated heterocycles. The standard InChI is InChI=1S/C16H17Cl2NO2/c1-19(5-6-20)11-12-3-2-4-15(7-12)21-16-9-13(17)8-14(18)10-16/h2-4,7-10,20H,5-6,11H2,1H3. The summed E-state index contributed by atoms with van der Waals surface area (Å²) in [4.78, 5) is 2.04. The van der Waals surface area contributed by atoms with Crippen LogP contribution in [0.4, 0.5) is 0 Å². The van der Waals surface area contributed by atoms with Gasteiger partial charge in [0.1, 0.15) is 11.5 Å². The number of rotatable bonds is 6. The Morgan fingerprint density at radius 1 is 1.05 bits per heavy atom. The number of nitrogens with zero attached hydrogens (tertiary/aromatic N) is 1. The van der Waals surface area contributed by atoms with Gasteiger partial charge in [-0.3, -0.25) is 4.90 Å². The molecule has 0 aromatic heterocycles. The largest absolute Gasteiger partial charge is 0.457 e. The molecule has 0 bridgehead atoms. The minimum absolute atomic E-state index is 0.147. The average molecular weight is 326 g/mol. The fourth-order valence-electron chi connectivity index (χ4n) is 1.99. The highest BCUT2D eigenvalue weighted by atomic mass is 35.5. The van der Waals surface area contributed by atoms with Gasteiger partial charge in [0, 0.05) is 23.1 Å². The monoisotopic (exact) mass is 325 g/mol. The summed E-state index contributed by atoms with van der Waals surface area (Å²) in [5.41, 5.74) is 1.11. The van der Waals surface area contributed by atoms with Crippen LogP contribution in [0, 0.1) is 0 Å². The first-order chi connectivity index (χ1) is 10.1. The highest BCUT2D eigenvalue weighted by molar-refractivity contribution is 6.34. The zero-order valence-corrected chi connectivity index (χ0v) is 13.2. The first-order valence-electron chi connectivity index (χ1n) is 6.59. The van der Waals surface area contributed by atoms with Crippen LogP contribution in [0.2, 0.25) is 10.0 Å². The highest BCUT2D eigenvalue weighted by Crippen LogP contribution is 2.28. The van der Waals surface area contributed by atoms with Crippen LogP contribution >= 0.6 is 23.2 Å². The smallest absolute Gasteiger partial charge is 0.130 e. The molecular weight excluding hydrogens is 309 g/mol. The number of halogens is 2. The summed E-state index contributed by atoms with van der Waals surface area (Å²) < 4.78 is 5.79. The highest BCUT2D eigenvalue weighted by Gasteiger charge is 2.04. The molecule has 2 rings (SSSR count). The van der Waals surface area contributed by atoms with Gasteiger partial charge >= 0.3 is 0 Å². The number of aliphatic hydroxyl groups excluding tert-OH is 1. The van der Waals surface area contributed by atoms with Crippen LogP contribution in [0.15, 0.2) is 42.5 Å². The second-order valence-corrected chi connectivity index (χ2v) is 5.69. The molecule has 0 aliphatic heterocycles. The molecule has 21 heavy (non-hydrogen) atoms. The molecule has 0 saturated carbocycles. The van der Waals surface area contributed by atoms with Crippen molar-refractivity contribution in [2.75, 3.05) is 20.2 Å². The average Bonchev–Trinajstić information content (AvgIpc) is 2.37. The Balaban J connectivity index is 2.10. The van der Waals surface area contributed by atoms with E-state index < -0.39 is 0 Å². The maximum atomic E-state index is 8.92. The van der Waals surface area contributed by atoms with E-state index in [9.17, 15) is 0 Å². The van der Waals surface area contributed by atoms with E-state index in [1.165, 1.54) is 0 Å². The summed E-state index contributed by atoms with van der Waals surface area (Å²) in [5, 5.41) is 10.0. The molecule has 112 valence electrons. The van der Waals surface area contributed by atoms with Crippen LogP contribution in [0.3, 0.4) is 0 Å². The van der Waals surface area contributed by atoms with E-state index in [-0.39, 0.29) is 6.61 Å². The summed E-state index contributed by atoms with van der Waals surface area (Å²) >= 11 is 11.9. The van der Waals surface area contributed by atoms with Crippen LogP contribution < -0.4 is 4.74 Å². The number of aliphatic hydroxyl groups is 1. The summed E-state index contributed by atoms with van der Waals surface area (Å²) in [5.74, 6) is 1.33. The molecule has 0 unspecified atom stereocenters. The number of ether oxygens (including phenoxy) is 1. The zero-order chi connectivity index (χ0) is 15.2. The van der Waals surface area contributed by atoms with Gasteiger partial charge < -0.3 is 9.84 Å². The molecule has 0 amide bonds. The number of hydrogen-bond acceptors (Lipinski definition) is 3. The predicted octanol–water partition coefficient (Wildman–Crippen LogP) is 4.21. The lowest BCUT2D eigenvalue weighted by atomic mass is 10.2. The fraction of sp³-hybridized carbons (Fsp3) is 0.250. The van der Waals surface area contributed by atoms with Gasteiger partial charge in [0.25, 0.3) is 0 Å². The van der Waals surface area contributed by atoms with E-state index in [1.807, 2.05) is 36.2 Å². The molecule has 0 fully saturated rings. The summed E-state index contributed by atoms with van der Waals surface area (Å²) in [7, 11) is 1.96. The van der Waals surface area contributed by atoms with Crippen molar-refractivity contribution in [3.8, 4) is 11.5 Å². The Labute approximate surface area is 134 Å². The Kier molecular flexibility index (Phi) is 5.88. The molecule has 3 nitrogen and oxygen atoms in total. The van der Waals surface area contributed by atoms with Crippen molar-refractivity contribution in [1.29, 1.82) is 0 Å². The zero-order valence-electron chi connectivity index (χ0n) is 11.7. The van der Waals surface area contributed by atoms with Crippen molar-refractivity contribution < 1.29 is 9.84 Å². The lowest BCUT2D eigenvalue weighted by molar-refractivity contribution is 0.217. The second kappa shape index (κ2) is 7.66. The maximum Gasteiger partial charge on any atom is 0.130 e. The Morgan fingerprint density at radius 2 is 1.76 bits per heavy atom. The van der Waals surface area contributed by atoms with Gasteiger partial charge in [-0.15, -0.1) is 0 Å². The van der Waals surface area contributed by atoms with Crippen molar-refractivity contribution in [3.63, 3.8) is 0 Å². The molecule has 2 aromatic rings. The van der Waals surface area contributed by atoms with E-state index >= 15 is 0 Å². The third-order valence-corrected chi connectivity index (χ3v) is 3.34. The van der Waals surface area contributed by atoms with Gasteiger partial charge in [-0.2, -0.15) is 0 Å². The van der Waals surface area contributed by atoms with E-state index in [1.54, 1.807) is 18.2 Å². The molecule has 0 aliphatic carbocycles. The van der Waals surface area contributed by atoms with Gasteiger partial charge in [-0.05, 0) is 42.9 Å². The third kappa shape index (κ3) is 5.21. The SMILES string of the molecule is CN(CCO)Cc1cccc(Oc2cc(Cl)cc(Cl)c2)c1. The maximum absolute atomic E-state index is 8.92. The molecule has 5 heteroatoms. The van der Waals surface area contributed by atoms with Gasteiger partial charge in [-0.25, -0.2) is 0 Å². The summed E-state index contributed by atoms with van der Waals surface area (Å²) in [6.07, 6.45) is 0. The molecule has 0 heterocycles. The topological polar surface area (TPSA) is 32.7 Å². The Morgan fingerprint density at radius 3 is 2.43 bits per heavy atom. The molecule has 0 radical (unpaired) electrons. The van der Waals surface area contributed by atoms with E-state index in [4.69, 9.17) is 33.0 Å². The van der Waals surface area contributed by atoms with Crippen LogP contribution in [0.5, 0.6) is 11.5 Å². The molecule has 0 spiro atoms. The van der Waals surface area contributed by atoms with Crippen LogP contribution in [0.25, 0.3) is 0 Å². The van der Waals surface area contributed by atoms with Crippen molar-refractivity contribution in [2.24, 2.45) is 0 Å². The van der Waals surface area contributed by atoms with E-state index in [2.05, 4.69) is 0 Å². The Bertz CT molecular complexity index is 584. The van der Waals surface area contributed by atoms with Gasteiger partial charge in [0.2, 0.25) is 0 Å². The van der Waals surface area contributed by atoms with Gasteiger partial charge in [0.05, 0.1) is 6.61 Å². The summed E-state index contributed by atoms with van der Waals surface area (Å²) in [6.45, 7) is 1.52. The lowest BCUT2D eigenvalue weighted by Gasteiger charge is -2.15. The second-order valence-electron chi connectivity index (χ2n) is 4.82. The number of hydrogen-bond donors (Lipinski definition) is 1. The molecular formula is C16H17Cl2NO2. The number of likely N-dealkylation sites (N-methyl/N-ethyl adjacent to an activating group) is 1. The van der Waals surface area contributed by atoms with E-state index in [0.29, 0.717) is 22.3 Å². The Hall–Kier alpha value is -1.26. The first-order valence-corrected chi connectivity index (χ1v) is 7.35. The van der Waals surface area contributed by atoms with Crippen molar-refractivity contribution >= 4 is 23.2 Å². The summed E-state index contributed by atoms with van der Waals surface area (Å²) in [6, 6.07) is 12.9. The van der Waals surface area contributed by atoms with Gasteiger partial charge in [-0.1, -0.05) is 35.3 Å². The first kappa shape index (κ1) is 16.1. The van der Waals surface area contributed by atoms with Crippen molar-refractivity contribution in [1.82, 2.24) is 4.90 Å². The van der Waals surface area contributed by atoms with Gasteiger partial charge in [0.15, 0.2) is 0 Å². The molecule has 0 atom stereocenters. The van der Waals surface area contributed by atoms with Crippen LogP contribution in [-0.4, -0.2) is 30.2 Å². The van der Waals surface area contributed by atoms with Crippen molar-refractivity contribution in [2.45, 2.75) is 6.54 Å². The predicted molar refractivity (Wildman–Crippen MR) is 86.4 cm³/mol. The van der Waals surface area contributed by atoms with Crippen LogP contribution in [0.1, 0.15) is 5.56 Å². The number of benzene rings is 2. The molecule has 1 N–H and O–H groups in total. The fourth-order valence-corrected chi connectivity index (χ4v) is 2.50. The lowest BCUT2D eigenvalue weighted by Crippen LogP contribution is -2.21. The van der Waals surface area contributed by atoms with Crippen LogP contribution in [-0.2, 0) is 6.54 Å². The quantitative estimate of drug-likeness (QED) is 0.863. The third-order valence-electron chi connectivity index (χ3n) is 2.90. The normalized spacial score (nSPS) is 10.9. The minimum atomic E-state index is 0.147. The van der Waals surface area contributed by atoms with E-state index in [0.717, 1.165) is 17.9 Å². The minimum Gasteiger partial charge on any atom is -0.457 e.